The van der Waals surface area contributed by atoms with E-state index in [1.54, 1.807) is 0 Å². The van der Waals surface area contributed by atoms with Crippen LogP contribution in [0.1, 0.15) is 95.2 Å². The third kappa shape index (κ3) is 19.7. The summed E-state index contributed by atoms with van der Waals surface area (Å²) >= 11 is 1.83. The van der Waals surface area contributed by atoms with Crippen molar-refractivity contribution in [3.05, 3.63) is 47.6 Å². The Morgan fingerprint density at radius 1 is 0.578 bits per heavy atom. The maximum Gasteiger partial charge on any atom is 0.322 e. The number of aromatic nitrogens is 4. The lowest BCUT2D eigenvalue weighted by atomic mass is 10.1. The molecule has 2 aromatic heterocycles. The maximum absolute atomic E-state index is 14.1. The van der Waals surface area contributed by atoms with E-state index in [0.29, 0.717) is 0 Å². The molecule has 4 amide bonds. The highest BCUT2D eigenvalue weighted by Crippen LogP contribution is 2.36. The summed E-state index contributed by atoms with van der Waals surface area (Å²) in [6.07, 6.45) is 2.59. The van der Waals surface area contributed by atoms with Gasteiger partial charge in [-0.3, -0.25) is 62.7 Å². The molecule has 0 spiro atoms. The van der Waals surface area contributed by atoms with Crippen molar-refractivity contribution in [2.24, 2.45) is 11.5 Å². The fourth-order valence-electron chi connectivity index (χ4n) is 5.08. The fourth-order valence-corrected chi connectivity index (χ4v) is 7.59. The van der Waals surface area contributed by atoms with Crippen LogP contribution in [-0.2, 0) is 43.2 Å². The van der Waals surface area contributed by atoms with Crippen LogP contribution in [0.15, 0.2) is 24.8 Å². The molecular weight excluding hydrogens is 889 g/mol. The van der Waals surface area contributed by atoms with Crippen LogP contribution in [0.2, 0.25) is 0 Å². The second kappa shape index (κ2) is 26.9. The molecule has 0 radical (unpaired) electrons. The number of hydrogen-bond donors (Lipinski definition) is 10. The van der Waals surface area contributed by atoms with Crippen LogP contribution < -0.4 is 32.7 Å². The standard InChI is InChI=1S/C37H48N10O15S2/c1-17(48)22-9-42-24(11-40-22)28(63-15-26(34(57)44-13-32(53)54)46-30(51)5-3-20(38)36(59)60)7-19(50)8-29(25-12-41-23(10-43-25)18(2)49)64-16-27(35(58)45-14-33(55)56)47-31(52)6-4-21(39)37(61)62/h9-12,20-21,26-29H,3-8,13-16,38-39H2,1-2H3,(H,44,57)(H,45,58)(H,46,51)(H,47,52)(H,53,54)(H,55,56)(H,59,60)(H,61,62). The molecule has 0 aliphatic rings. The highest BCUT2D eigenvalue weighted by atomic mass is 32.2. The van der Waals surface area contributed by atoms with Gasteiger partial charge in [-0.1, -0.05) is 0 Å². The summed E-state index contributed by atoms with van der Waals surface area (Å²) in [5, 5.41) is 43.6. The quantitative estimate of drug-likeness (QED) is 0.0380. The Balaban J connectivity index is 2.47. The van der Waals surface area contributed by atoms with Crippen molar-refractivity contribution in [3.63, 3.8) is 0 Å². The number of hydrogen-bond acceptors (Lipinski definition) is 19. The molecule has 6 atom stereocenters. The lowest BCUT2D eigenvalue weighted by Gasteiger charge is -2.23. The average molecular weight is 937 g/mol. The molecule has 0 aliphatic heterocycles. The van der Waals surface area contributed by atoms with Crippen LogP contribution in [0.3, 0.4) is 0 Å². The molecule has 0 bridgehead atoms. The van der Waals surface area contributed by atoms with Crippen molar-refractivity contribution >= 4 is 88.4 Å². The van der Waals surface area contributed by atoms with Crippen molar-refractivity contribution in [2.45, 2.75) is 87.0 Å². The zero-order valence-corrected chi connectivity index (χ0v) is 36.0. The predicted octanol–water partition coefficient (Wildman–Crippen LogP) is -1.97. The van der Waals surface area contributed by atoms with Crippen LogP contribution in [-0.4, -0.2) is 154 Å². The van der Waals surface area contributed by atoms with Crippen molar-refractivity contribution in [1.82, 2.24) is 41.2 Å². The van der Waals surface area contributed by atoms with E-state index in [0.717, 1.165) is 35.9 Å². The van der Waals surface area contributed by atoms with Gasteiger partial charge in [0.2, 0.25) is 23.6 Å². The van der Waals surface area contributed by atoms with Crippen LogP contribution >= 0.6 is 23.5 Å². The average Bonchev–Trinajstić information content (AvgIpc) is 3.24. The SMILES string of the molecule is CC(=O)c1cnc(C(CC(=O)CC(SCC(NC(=O)CCC(N)C(=O)O)C(=O)NCC(=O)O)c2cnc(C(C)=O)cn2)SCC(NC(=O)CCC(N)C(=O)O)C(=O)NCC(=O)O)cn1. The van der Waals surface area contributed by atoms with E-state index in [-0.39, 0.29) is 60.0 Å². The van der Waals surface area contributed by atoms with E-state index in [2.05, 4.69) is 41.2 Å². The highest BCUT2D eigenvalue weighted by Gasteiger charge is 2.30. The van der Waals surface area contributed by atoms with Crippen LogP contribution in [0.25, 0.3) is 0 Å². The summed E-state index contributed by atoms with van der Waals surface area (Å²) in [5.74, 6) is -11.0. The van der Waals surface area contributed by atoms with E-state index in [4.69, 9.17) is 31.9 Å². The van der Waals surface area contributed by atoms with Gasteiger partial charge in [-0.05, 0) is 12.8 Å². The molecule has 2 rings (SSSR count). The monoisotopic (exact) mass is 936 g/mol. The number of ketones is 3. The summed E-state index contributed by atoms with van der Waals surface area (Å²) in [6.45, 7) is 0.853. The first kappa shape index (κ1) is 53.7. The molecule has 2 aromatic rings. The van der Waals surface area contributed by atoms with Gasteiger partial charge in [0, 0.05) is 51.0 Å². The molecule has 0 aromatic carbocycles. The van der Waals surface area contributed by atoms with Crippen molar-refractivity contribution in [3.8, 4) is 0 Å². The number of carbonyl (C=O) groups excluding carboxylic acids is 7. The molecule has 2 heterocycles. The minimum atomic E-state index is -1.43. The predicted molar refractivity (Wildman–Crippen MR) is 224 cm³/mol. The Morgan fingerprint density at radius 3 is 1.22 bits per heavy atom. The van der Waals surface area contributed by atoms with Gasteiger partial charge in [-0.2, -0.15) is 0 Å². The van der Waals surface area contributed by atoms with Crippen LogP contribution in [0.5, 0.6) is 0 Å². The van der Waals surface area contributed by atoms with Crippen LogP contribution in [0.4, 0.5) is 0 Å². The summed E-state index contributed by atoms with van der Waals surface area (Å²) in [4.78, 5) is 151. The largest absolute Gasteiger partial charge is 0.480 e. The molecule has 0 aliphatic carbocycles. The number of carboxylic acids is 4. The van der Waals surface area contributed by atoms with Gasteiger partial charge in [-0.25, -0.2) is 9.97 Å². The molecule has 348 valence electrons. The van der Waals surface area contributed by atoms with Gasteiger partial charge in [0.05, 0.1) is 46.7 Å². The minimum Gasteiger partial charge on any atom is -0.480 e. The molecule has 0 fully saturated rings. The smallest absolute Gasteiger partial charge is 0.322 e. The third-order valence-electron chi connectivity index (χ3n) is 8.61. The number of Topliss-reactive ketones (excluding diaryl/α,β-unsaturated/α-hetero) is 3. The molecule has 27 heteroatoms. The number of thioether (sulfide) groups is 2. The van der Waals surface area contributed by atoms with Gasteiger partial charge < -0.3 is 53.2 Å². The van der Waals surface area contributed by atoms with Gasteiger partial charge in [-0.15, -0.1) is 23.5 Å². The Kier molecular flexibility index (Phi) is 22.6. The number of amides is 4. The summed E-state index contributed by atoms with van der Waals surface area (Å²) in [6, 6.07) is -5.64. The molecule has 25 nitrogen and oxygen atoms in total. The molecular formula is C37H48N10O15S2. The summed E-state index contributed by atoms with van der Waals surface area (Å²) < 4.78 is 0. The summed E-state index contributed by atoms with van der Waals surface area (Å²) in [5.41, 5.74) is 11.2. The Morgan fingerprint density at radius 2 is 0.938 bits per heavy atom. The number of nitrogens with one attached hydrogen (secondary N) is 4. The van der Waals surface area contributed by atoms with Gasteiger partial charge in [0.25, 0.3) is 0 Å². The Labute approximate surface area is 372 Å². The van der Waals surface area contributed by atoms with Crippen molar-refractivity contribution < 1.29 is 73.2 Å². The molecule has 0 saturated carbocycles. The van der Waals surface area contributed by atoms with E-state index in [1.165, 1.54) is 26.2 Å². The van der Waals surface area contributed by atoms with E-state index in [9.17, 15) is 52.7 Å². The first-order chi connectivity index (χ1) is 30.1. The zero-order chi connectivity index (χ0) is 48.1. The number of carbonyl (C=O) groups is 11. The fraction of sp³-hybridized carbons (Fsp3) is 0.486. The van der Waals surface area contributed by atoms with E-state index >= 15 is 0 Å². The number of nitrogens with zero attached hydrogens (tertiary/aromatic N) is 4. The molecule has 64 heavy (non-hydrogen) atoms. The maximum atomic E-state index is 14.1. The van der Waals surface area contributed by atoms with Crippen LogP contribution in [0, 0.1) is 0 Å². The highest BCUT2D eigenvalue weighted by molar-refractivity contribution is 7.99. The van der Waals surface area contributed by atoms with E-state index in [1.807, 2.05) is 0 Å². The first-order valence-corrected chi connectivity index (χ1v) is 21.1. The Hall–Kier alpha value is -6.45. The molecule has 6 unspecified atom stereocenters. The number of nitrogens with two attached hydrogens (primary N) is 2. The summed E-state index contributed by atoms with van der Waals surface area (Å²) in [7, 11) is 0. The Bertz CT molecular complexity index is 1900. The van der Waals surface area contributed by atoms with Gasteiger partial charge in [0.1, 0.15) is 54.4 Å². The number of rotatable bonds is 30. The lowest BCUT2D eigenvalue weighted by molar-refractivity contribution is -0.140. The topological polar surface area (TPSA) is 420 Å². The third-order valence-corrected chi connectivity index (χ3v) is 11.3. The minimum absolute atomic E-state index is 0.0144. The number of carboxylic acid groups (broad SMARTS) is 4. The number of aliphatic carboxylic acids is 4. The van der Waals surface area contributed by atoms with Crippen molar-refractivity contribution in [2.75, 3.05) is 24.6 Å². The van der Waals surface area contributed by atoms with E-state index < -0.39 is 125 Å². The van der Waals surface area contributed by atoms with Gasteiger partial charge >= 0.3 is 23.9 Å². The molecule has 12 N–H and O–H groups in total. The lowest BCUT2D eigenvalue weighted by Crippen LogP contribution is -2.49. The van der Waals surface area contributed by atoms with Crippen molar-refractivity contribution in [1.29, 1.82) is 0 Å². The zero-order valence-electron chi connectivity index (χ0n) is 34.4. The first-order valence-electron chi connectivity index (χ1n) is 19.0. The second-order valence-corrected chi connectivity index (χ2v) is 16.3. The normalized spacial score (nSPS) is 13.7. The molecule has 0 saturated heterocycles. The second-order valence-electron chi connectivity index (χ2n) is 13.8. The van der Waals surface area contributed by atoms with Gasteiger partial charge in [0.15, 0.2) is 11.6 Å².